The zero-order chi connectivity index (χ0) is 17.5. The lowest BCUT2D eigenvalue weighted by atomic mass is 10.0. The Balaban J connectivity index is 2.01. The van der Waals surface area contributed by atoms with E-state index in [9.17, 15) is 19.8 Å². The molecule has 0 aliphatic carbocycles. The van der Waals surface area contributed by atoms with Crippen molar-refractivity contribution < 1.29 is 24.5 Å². The zero-order valence-electron chi connectivity index (χ0n) is 13.0. The van der Waals surface area contributed by atoms with Crippen LogP contribution in [0.5, 0.6) is 0 Å². The Hall–Kier alpha value is -2.93. The van der Waals surface area contributed by atoms with Crippen LogP contribution in [-0.4, -0.2) is 33.3 Å². The number of rotatable bonds is 6. The number of aromatic nitrogens is 1. The largest absolute Gasteiger partial charge is 0.480 e. The lowest BCUT2D eigenvalue weighted by molar-refractivity contribution is -0.142. The second-order valence-corrected chi connectivity index (χ2v) is 5.20. The summed E-state index contributed by atoms with van der Waals surface area (Å²) < 4.78 is 4.98. The highest BCUT2D eigenvalue weighted by Gasteiger charge is 2.31. The van der Waals surface area contributed by atoms with E-state index in [2.05, 4.69) is 10.3 Å². The minimum atomic E-state index is -1.55. The number of carboxylic acids is 1. The van der Waals surface area contributed by atoms with Gasteiger partial charge in [0.2, 0.25) is 0 Å². The van der Waals surface area contributed by atoms with E-state index < -0.39 is 24.2 Å². The van der Waals surface area contributed by atoms with Crippen LogP contribution in [0.1, 0.15) is 22.8 Å². The number of aliphatic hydroxyl groups excluding tert-OH is 1. The maximum atomic E-state index is 11.8. The van der Waals surface area contributed by atoms with E-state index in [0.29, 0.717) is 11.1 Å². The molecular formula is C17H18N2O5. The fourth-order valence-corrected chi connectivity index (χ4v) is 2.13. The van der Waals surface area contributed by atoms with Crippen LogP contribution in [0.2, 0.25) is 0 Å². The highest BCUT2D eigenvalue weighted by atomic mass is 16.5. The molecule has 1 heterocycles. The van der Waals surface area contributed by atoms with Crippen LogP contribution in [0.25, 0.3) is 0 Å². The third-order valence-corrected chi connectivity index (χ3v) is 3.47. The molecule has 24 heavy (non-hydrogen) atoms. The summed E-state index contributed by atoms with van der Waals surface area (Å²) in [7, 11) is 0. The van der Waals surface area contributed by atoms with Gasteiger partial charge in [-0.25, -0.2) is 9.59 Å². The number of amides is 1. The fourth-order valence-electron chi connectivity index (χ4n) is 2.13. The van der Waals surface area contributed by atoms with E-state index in [4.69, 9.17) is 4.74 Å². The van der Waals surface area contributed by atoms with Crippen molar-refractivity contribution in [2.45, 2.75) is 25.7 Å². The van der Waals surface area contributed by atoms with E-state index in [0.717, 1.165) is 5.56 Å². The number of carbonyl (C=O) groups is 2. The van der Waals surface area contributed by atoms with Gasteiger partial charge in [-0.15, -0.1) is 0 Å². The van der Waals surface area contributed by atoms with Gasteiger partial charge in [0.05, 0.1) is 0 Å². The third kappa shape index (κ3) is 4.53. The van der Waals surface area contributed by atoms with E-state index >= 15 is 0 Å². The predicted octanol–water partition coefficient (Wildman–Crippen LogP) is 1.80. The first-order chi connectivity index (χ1) is 11.5. The Morgan fingerprint density at radius 3 is 2.58 bits per heavy atom. The molecule has 1 aromatic heterocycles. The number of pyridine rings is 1. The molecule has 126 valence electrons. The molecule has 1 amide bonds. The van der Waals surface area contributed by atoms with Crippen LogP contribution >= 0.6 is 0 Å². The number of hydrogen-bond donors (Lipinski definition) is 3. The highest BCUT2D eigenvalue weighted by Crippen LogP contribution is 2.20. The number of nitrogens with one attached hydrogen (secondary N) is 1. The van der Waals surface area contributed by atoms with Gasteiger partial charge in [0.1, 0.15) is 12.7 Å². The summed E-state index contributed by atoms with van der Waals surface area (Å²) in [5.74, 6) is -1.37. The smallest absolute Gasteiger partial charge is 0.408 e. The molecule has 1 aromatic carbocycles. The molecule has 0 bridgehead atoms. The molecule has 0 fully saturated rings. The van der Waals surface area contributed by atoms with Crippen molar-refractivity contribution in [3.8, 4) is 0 Å². The summed E-state index contributed by atoms with van der Waals surface area (Å²) in [6, 6.07) is 9.07. The minimum absolute atomic E-state index is 0.00102. The average Bonchev–Trinajstić information content (AvgIpc) is 2.58. The third-order valence-electron chi connectivity index (χ3n) is 3.47. The highest BCUT2D eigenvalue weighted by molar-refractivity contribution is 5.80. The van der Waals surface area contributed by atoms with Crippen LogP contribution in [0.3, 0.4) is 0 Å². The molecule has 2 atom stereocenters. The quantitative estimate of drug-likeness (QED) is 0.745. The Morgan fingerprint density at radius 1 is 1.25 bits per heavy atom. The fraction of sp³-hybridized carbons (Fsp3) is 0.235. The second kappa shape index (κ2) is 8.07. The number of aryl methyl sites for hydroxylation is 1. The Labute approximate surface area is 138 Å². The molecule has 2 aromatic rings. The lowest BCUT2D eigenvalue weighted by Gasteiger charge is -2.21. The number of benzene rings is 1. The molecule has 0 saturated heterocycles. The van der Waals surface area contributed by atoms with Gasteiger partial charge in [0.25, 0.3) is 0 Å². The van der Waals surface area contributed by atoms with Gasteiger partial charge in [-0.05, 0) is 24.1 Å². The number of ether oxygens (including phenoxy) is 1. The Morgan fingerprint density at radius 2 is 1.96 bits per heavy atom. The van der Waals surface area contributed by atoms with Gasteiger partial charge in [-0.1, -0.05) is 30.3 Å². The molecule has 0 unspecified atom stereocenters. The van der Waals surface area contributed by atoms with E-state index in [-0.39, 0.29) is 6.61 Å². The SMILES string of the molecule is Cc1ccncc1[C@@H](O)[C@H](NC(=O)OCc1ccccc1)C(=O)O. The second-order valence-electron chi connectivity index (χ2n) is 5.20. The number of aliphatic carboxylic acids is 1. The average molecular weight is 330 g/mol. The first-order valence-corrected chi connectivity index (χ1v) is 7.27. The van der Waals surface area contributed by atoms with Crippen molar-refractivity contribution >= 4 is 12.1 Å². The number of alkyl carbamates (subject to hydrolysis) is 1. The first-order valence-electron chi connectivity index (χ1n) is 7.27. The molecule has 7 heteroatoms. The molecule has 0 radical (unpaired) electrons. The molecule has 3 N–H and O–H groups in total. The maximum absolute atomic E-state index is 11.8. The van der Waals surface area contributed by atoms with E-state index in [1.807, 2.05) is 6.07 Å². The zero-order valence-corrected chi connectivity index (χ0v) is 13.0. The molecule has 0 saturated carbocycles. The van der Waals surface area contributed by atoms with Crippen molar-refractivity contribution in [2.24, 2.45) is 0 Å². The topological polar surface area (TPSA) is 109 Å². The van der Waals surface area contributed by atoms with E-state index in [1.54, 1.807) is 37.3 Å². The number of carbonyl (C=O) groups excluding carboxylic acids is 1. The maximum Gasteiger partial charge on any atom is 0.408 e. The summed E-state index contributed by atoms with van der Waals surface area (Å²) in [6.07, 6.45) is 0.530. The van der Waals surface area contributed by atoms with Crippen LogP contribution in [0.4, 0.5) is 4.79 Å². The minimum Gasteiger partial charge on any atom is -0.480 e. The van der Waals surface area contributed by atoms with Crippen LogP contribution in [0, 0.1) is 6.92 Å². The standard InChI is InChI=1S/C17H18N2O5/c1-11-7-8-18-9-13(11)15(20)14(16(21)22)19-17(23)24-10-12-5-3-2-4-6-12/h2-9,14-15,20H,10H2,1H3,(H,19,23)(H,21,22)/t14-,15+/m0/s1. The van der Waals surface area contributed by atoms with Crippen LogP contribution in [0.15, 0.2) is 48.8 Å². The van der Waals surface area contributed by atoms with Crippen LogP contribution in [-0.2, 0) is 16.1 Å². The van der Waals surface area contributed by atoms with Gasteiger partial charge < -0.3 is 20.3 Å². The van der Waals surface area contributed by atoms with Gasteiger partial charge in [-0.2, -0.15) is 0 Å². The molecule has 2 rings (SSSR count). The summed E-state index contributed by atoms with van der Waals surface area (Å²) in [4.78, 5) is 27.1. The monoisotopic (exact) mass is 330 g/mol. The summed E-state index contributed by atoms with van der Waals surface area (Å²) in [5, 5.41) is 21.7. The van der Waals surface area contributed by atoms with E-state index in [1.165, 1.54) is 12.4 Å². The summed E-state index contributed by atoms with van der Waals surface area (Å²) in [6.45, 7) is 1.72. The van der Waals surface area contributed by atoms with Gasteiger partial charge in [0, 0.05) is 18.0 Å². The summed E-state index contributed by atoms with van der Waals surface area (Å²) >= 11 is 0. The van der Waals surface area contributed by atoms with Crippen LogP contribution < -0.4 is 5.32 Å². The normalized spacial score (nSPS) is 12.9. The number of aliphatic hydroxyl groups is 1. The number of carboxylic acid groups (broad SMARTS) is 1. The predicted molar refractivity (Wildman–Crippen MR) is 85.1 cm³/mol. The molecule has 0 spiro atoms. The molecule has 7 nitrogen and oxygen atoms in total. The molecule has 0 aliphatic heterocycles. The van der Waals surface area contributed by atoms with Crippen molar-refractivity contribution in [3.63, 3.8) is 0 Å². The van der Waals surface area contributed by atoms with Gasteiger partial charge >= 0.3 is 12.1 Å². The Kier molecular flexibility index (Phi) is 5.86. The van der Waals surface area contributed by atoms with Gasteiger partial charge in [0.15, 0.2) is 6.04 Å². The molecular weight excluding hydrogens is 312 g/mol. The first kappa shape index (κ1) is 17.4. The number of nitrogens with zero attached hydrogens (tertiary/aromatic N) is 1. The summed E-state index contributed by atoms with van der Waals surface area (Å²) in [5.41, 5.74) is 1.76. The number of hydrogen-bond acceptors (Lipinski definition) is 5. The lowest BCUT2D eigenvalue weighted by Crippen LogP contribution is -2.45. The van der Waals surface area contributed by atoms with Crippen molar-refractivity contribution in [3.05, 3.63) is 65.5 Å². The van der Waals surface area contributed by atoms with Crippen molar-refractivity contribution in [1.29, 1.82) is 0 Å². The molecule has 0 aliphatic rings. The van der Waals surface area contributed by atoms with Crippen molar-refractivity contribution in [2.75, 3.05) is 0 Å². The van der Waals surface area contributed by atoms with Gasteiger partial charge in [-0.3, -0.25) is 4.98 Å². The Bertz CT molecular complexity index is 705. The van der Waals surface area contributed by atoms with Crippen molar-refractivity contribution in [1.82, 2.24) is 10.3 Å².